The minimum atomic E-state index is -3.62. The molecular weight excluding hydrogens is 376 g/mol. The average Bonchev–Trinajstić information content (AvgIpc) is 2.60. The van der Waals surface area contributed by atoms with Crippen molar-refractivity contribution in [2.75, 3.05) is 4.72 Å². The van der Waals surface area contributed by atoms with Gasteiger partial charge in [-0.25, -0.2) is 8.42 Å². The summed E-state index contributed by atoms with van der Waals surface area (Å²) >= 11 is 1.69. The number of nitrogens with one attached hydrogen (secondary N) is 1. The fourth-order valence-corrected chi connectivity index (χ4v) is 5.41. The molecule has 1 N–H and O–H groups in total. The predicted molar refractivity (Wildman–Crippen MR) is 112 cm³/mol. The van der Waals surface area contributed by atoms with Crippen LogP contribution in [0.3, 0.4) is 0 Å². The Morgan fingerprint density at radius 1 is 1.00 bits per heavy atom. The van der Waals surface area contributed by atoms with E-state index in [2.05, 4.69) is 9.71 Å². The van der Waals surface area contributed by atoms with Crippen molar-refractivity contribution in [2.45, 2.75) is 36.3 Å². The number of aromatic nitrogens is 1. The van der Waals surface area contributed by atoms with E-state index in [9.17, 15) is 8.42 Å². The van der Waals surface area contributed by atoms with Crippen molar-refractivity contribution in [2.24, 2.45) is 0 Å². The molecule has 0 fully saturated rings. The van der Waals surface area contributed by atoms with E-state index in [1.54, 1.807) is 30.1 Å². The van der Waals surface area contributed by atoms with E-state index in [0.717, 1.165) is 32.9 Å². The van der Waals surface area contributed by atoms with Crippen molar-refractivity contribution in [3.8, 4) is 0 Å². The third-order valence-electron chi connectivity index (χ3n) is 4.11. The minimum absolute atomic E-state index is 0.350. The SMILES string of the molecule is Cc1cc(C)c(S(=O)(=O)Nc2ccc(SCc3cccnc3)cc2)c(C)c1. The molecule has 4 nitrogen and oxygen atoms in total. The Bertz CT molecular complexity index is 1010. The van der Waals surface area contributed by atoms with Gasteiger partial charge in [0, 0.05) is 28.7 Å². The van der Waals surface area contributed by atoms with Crippen LogP contribution in [-0.2, 0) is 15.8 Å². The highest BCUT2D eigenvalue weighted by molar-refractivity contribution is 7.98. The third-order valence-corrected chi connectivity index (χ3v) is 6.88. The van der Waals surface area contributed by atoms with Gasteiger partial charge in [0.25, 0.3) is 10.0 Å². The van der Waals surface area contributed by atoms with Crippen LogP contribution in [0.15, 0.2) is 70.7 Å². The first-order valence-corrected chi connectivity index (χ1v) is 11.0. The Morgan fingerprint density at radius 2 is 1.67 bits per heavy atom. The molecule has 6 heteroatoms. The molecule has 0 spiro atoms. The Balaban J connectivity index is 1.72. The van der Waals surface area contributed by atoms with Crippen molar-refractivity contribution in [3.63, 3.8) is 0 Å². The molecule has 2 aromatic carbocycles. The molecule has 0 aliphatic rings. The number of hydrogen-bond acceptors (Lipinski definition) is 4. The van der Waals surface area contributed by atoms with Crippen LogP contribution in [0.1, 0.15) is 22.3 Å². The molecule has 0 unspecified atom stereocenters. The van der Waals surface area contributed by atoms with Crippen LogP contribution in [0.25, 0.3) is 0 Å². The summed E-state index contributed by atoms with van der Waals surface area (Å²) in [7, 11) is -3.62. The Kier molecular flexibility index (Phi) is 5.87. The molecule has 3 rings (SSSR count). The van der Waals surface area contributed by atoms with Gasteiger partial charge in [-0.3, -0.25) is 9.71 Å². The van der Waals surface area contributed by atoms with Crippen LogP contribution in [0.5, 0.6) is 0 Å². The fourth-order valence-electron chi connectivity index (χ4n) is 3.07. The summed E-state index contributed by atoms with van der Waals surface area (Å²) in [5, 5.41) is 0. The van der Waals surface area contributed by atoms with E-state index in [4.69, 9.17) is 0 Å². The van der Waals surface area contributed by atoms with Gasteiger partial charge < -0.3 is 0 Å². The largest absolute Gasteiger partial charge is 0.280 e. The molecule has 27 heavy (non-hydrogen) atoms. The normalized spacial score (nSPS) is 11.4. The highest BCUT2D eigenvalue weighted by Gasteiger charge is 2.20. The van der Waals surface area contributed by atoms with Crippen LogP contribution in [-0.4, -0.2) is 13.4 Å². The van der Waals surface area contributed by atoms with Crippen LogP contribution in [0.4, 0.5) is 5.69 Å². The number of anilines is 1. The van der Waals surface area contributed by atoms with Crippen molar-refractivity contribution in [1.82, 2.24) is 4.98 Å². The zero-order valence-corrected chi connectivity index (χ0v) is 17.2. The van der Waals surface area contributed by atoms with Crippen LogP contribution in [0, 0.1) is 20.8 Å². The highest BCUT2D eigenvalue weighted by Crippen LogP contribution is 2.27. The van der Waals surface area contributed by atoms with Gasteiger partial charge in [0.1, 0.15) is 0 Å². The van der Waals surface area contributed by atoms with E-state index in [1.807, 2.05) is 63.4 Å². The van der Waals surface area contributed by atoms with E-state index in [0.29, 0.717) is 10.6 Å². The highest BCUT2D eigenvalue weighted by atomic mass is 32.2. The van der Waals surface area contributed by atoms with E-state index < -0.39 is 10.0 Å². The van der Waals surface area contributed by atoms with Crippen molar-refractivity contribution < 1.29 is 8.42 Å². The van der Waals surface area contributed by atoms with E-state index in [-0.39, 0.29) is 0 Å². The molecule has 1 aromatic heterocycles. The van der Waals surface area contributed by atoms with E-state index >= 15 is 0 Å². The van der Waals surface area contributed by atoms with Gasteiger partial charge in [0.2, 0.25) is 0 Å². The summed E-state index contributed by atoms with van der Waals surface area (Å²) in [6.45, 7) is 5.62. The zero-order chi connectivity index (χ0) is 19.4. The molecule has 1 heterocycles. The molecule has 0 atom stereocenters. The van der Waals surface area contributed by atoms with Gasteiger partial charge in [0.15, 0.2) is 0 Å². The summed E-state index contributed by atoms with van der Waals surface area (Å²) in [4.78, 5) is 5.53. The number of sulfonamides is 1. The lowest BCUT2D eigenvalue weighted by molar-refractivity contribution is 0.600. The Hall–Kier alpha value is -2.31. The number of rotatable bonds is 6. The molecular formula is C21H22N2O2S2. The molecule has 0 aliphatic heterocycles. The molecule has 0 aliphatic carbocycles. The van der Waals surface area contributed by atoms with E-state index in [1.165, 1.54) is 0 Å². The van der Waals surface area contributed by atoms with Gasteiger partial charge in [-0.15, -0.1) is 11.8 Å². The maximum atomic E-state index is 12.8. The molecule has 0 saturated carbocycles. The van der Waals surface area contributed by atoms with Crippen LogP contribution < -0.4 is 4.72 Å². The number of pyridine rings is 1. The second kappa shape index (κ2) is 8.15. The monoisotopic (exact) mass is 398 g/mol. The maximum Gasteiger partial charge on any atom is 0.262 e. The predicted octanol–water partition coefficient (Wildman–Crippen LogP) is 5.10. The number of nitrogens with zero attached hydrogens (tertiary/aromatic N) is 1. The number of hydrogen-bond donors (Lipinski definition) is 1. The summed E-state index contributed by atoms with van der Waals surface area (Å²) in [5.41, 5.74) is 4.27. The maximum absolute atomic E-state index is 12.8. The molecule has 0 saturated heterocycles. The number of aryl methyl sites for hydroxylation is 3. The lowest BCUT2D eigenvalue weighted by Gasteiger charge is -2.14. The van der Waals surface area contributed by atoms with Gasteiger partial charge in [0.05, 0.1) is 4.90 Å². The summed E-state index contributed by atoms with van der Waals surface area (Å²) in [6, 6.07) is 15.2. The Labute approximate surface area is 165 Å². The standard InChI is InChI=1S/C21H22N2O2S2/c1-15-11-16(2)21(17(3)12-15)27(24,25)23-19-6-8-20(9-7-19)26-14-18-5-4-10-22-13-18/h4-13,23H,14H2,1-3H3. The van der Waals surface area contributed by atoms with Gasteiger partial charge in [-0.2, -0.15) is 0 Å². The number of thioether (sulfide) groups is 1. The molecule has 0 amide bonds. The first-order valence-electron chi connectivity index (χ1n) is 8.57. The third kappa shape index (κ3) is 4.90. The second-order valence-electron chi connectivity index (χ2n) is 6.51. The molecule has 0 radical (unpaired) electrons. The van der Waals surface area contributed by atoms with Gasteiger partial charge in [-0.1, -0.05) is 23.8 Å². The first kappa shape index (κ1) is 19.5. The van der Waals surface area contributed by atoms with Gasteiger partial charge >= 0.3 is 0 Å². The van der Waals surface area contributed by atoms with Gasteiger partial charge in [-0.05, 0) is 67.8 Å². The summed E-state index contributed by atoms with van der Waals surface area (Å²) < 4.78 is 28.3. The summed E-state index contributed by atoms with van der Waals surface area (Å²) in [5.74, 6) is 0.820. The van der Waals surface area contributed by atoms with Crippen LogP contribution in [0.2, 0.25) is 0 Å². The van der Waals surface area contributed by atoms with Crippen molar-refractivity contribution in [1.29, 1.82) is 0 Å². The smallest absolute Gasteiger partial charge is 0.262 e. The minimum Gasteiger partial charge on any atom is -0.280 e. The average molecular weight is 399 g/mol. The quantitative estimate of drug-likeness (QED) is 0.587. The molecule has 0 bridgehead atoms. The lowest BCUT2D eigenvalue weighted by Crippen LogP contribution is -2.15. The van der Waals surface area contributed by atoms with Crippen molar-refractivity contribution >= 4 is 27.5 Å². The fraction of sp³-hybridized carbons (Fsp3) is 0.190. The molecule has 140 valence electrons. The Morgan fingerprint density at radius 3 is 2.26 bits per heavy atom. The number of benzene rings is 2. The zero-order valence-electron chi connectivity index (χ0n) is 15.6. The first-order chi connectivity index (χ1) is 12.8. The molecule has 3 aromatic rings. The lowest BCUT2D eigenvalue weighted by atomic mass is 10.1. The van der Waals surface area contributed by atoms with Crippen LogP contribution >= 0.6 is 11.8 Å². The topological polar surface area (TPSA) is 59.1 Å². The van der Waals surface area contributed by atoms with Crippen molar-refractivity contribution in [3.05, 3.63) is 83.2 Å². The second-order valence-corrected chi connectivity index (χ2v) is 9.18. The summed E-state index contributed by atoms with van der Waals surface area (Å²) in [6.07, 6.45) is 3.61.